The van der Waals surface area contributed by atoms with Crippen molar-refractivity contribution in [2.45, 2.75) is 13.3 Å². The van der Waals surface area contributed by atoms with Gasteiger partial charge in [0.15, 0.2) is 0 Å². The molecule has 0 bridgehead atoms. The highest BCUT2D eigenvalue weighted by atomic mass is 16.6. The monoisotopic (exact) mass is 343 g/mol. The maximum Gasteiger partial charge on any atom is 0.292 e. The summed E-state index contributed by atoms with van der Waals surface area (Å²) in [5.41, 5.74) is 1.35. The Morgan fingerprint density at radius 2 is 1.84 bits per heavy atom. The number of nitrogens with zero attached hydrogens (tertiary/aromatic N) is 1. The Morgan fingerprint density at radius 3 is 2.52 bits per heavy atom. The lowest BCUT2D eigenvalue weighted by atomic mass is 10.1. The van der Waals surface area contributed by atoms with Crippen molar-refractivity contribution in [2.75, 3.05) is 25.0 Å². The third-order valence-electron chi connectivity index (χ3n) is 3.46. The van der Waals surface area contributed by atoms with E-state index in [0.29, 0.717) is 25.4 Å². The molecule has 0 aromatic heterocycles. The molecular weight excluding hydrogens is 322 g/mol. The van der Waals surface area contributed by atoms with Crippen molar-refractivity contribution in [1.82, 2.24) is 5.32 Å². The molecule has 0 atom stereocenters. The van der Waals surface area contributed by atoms with Crippen molar-refractivity contribution in [3.05, 3.63) is 64.2 Å². The van der Waals surface area contributed by atoms with E-state index in [1.165, 1.54) is 6.07 Å². The van der Waals surface area contributed by atoms with Gasteiger partial charge in [0.05, 0.1) is 18.0 Å². The number of ether oxygens (including phenoxy) is 1. The van der Waals surface area contributed by atoms with Gasteiger partial charge in [-0.25, -0.2) is 0 Å². The largest absolute Gasteiger partial charge is 0.494 e. The Morgan fingerprint density at radius 1 is 1.12 bits per heavy atom. The molecule has 0 aliphatic heterocycles. The maximum absolute atomic E-state index is 11.9. The first kappa shape index (κ1) is 18.3. The van der Waals surface area contributed by atoms with E-state index in [2.05, 4.69) is 10.6 Å². The first-order chi connectivity index (χ1) is 12.1. The fourth-order valence-electron chi connectivity index (χ4n) is 2.30. The zero-order chi connectivity index (χ0) is 18.1. The van der Waals surface area contributed by atoms with Crippen LogP contribution in [0.3, 0.4) is 0 Å². The minimum absolute atomic E-state index is 0.0169. The number of nitro groups is 1. The van der Waals surface area contributed by atoms with Crippen LogP contribution >= 0.6 is 0 Å². The molecule has 132 valence electrons. The molecule has 25 heavy (non-hydrogen) atoms. The maximum atomic E-state index is 11.9. The number of nitro benzene ring substituents is 1. The van der Waals surface area contributed by atoms with Crippen LogP contribution in [-0.4, -0.2) is 30.5 Å². The molecule has 0 radical (unpaired) electrons. The molecule has 2 aromatic rings. The van der Waals surface area contributed by atoms with E-state index in [-0.39, 0.29) is 18.0 Å². The van der Waals surface area contributed by atoms with Gasteiger partial charge >= 0.3 is 0 Å². The number of hydrogen-bond donors (Lipinski definition) is 2. The van der Waals surface area contributed by atoms with Gasteiger partial charge in [-0.15, -0.1) is 0 Å². The molecule has 2 N–H and O–H groups in total. The lowest BCUT2D eigenvalue weighted by Crippen LogP contribution is -2.30. The van der Waals surface area contributed by atoms with Crippen molar-refractivity contribution >= 4 is 17.3 Å². The van der Waals surface area contributed by atoms with Crippen LogP contribution in [-0.2, 0) is 11.2 Å². The molecule has 2 rings (SSSR count). The molecule has 0 saturated heterocycles. The van der Waals surface area contributed by atoms with Crippen LogP contribution in [0.1, 0.15) is 12.5 Å². The Hall–Kier alpha value is -3.09. The standard InChI is InChI=1S/C18H21N3O4/c1-2-25-15-9-7-14(8-10-15)13-18(22)20-12-11-19-16-5-3-4-6-17(16)21(23)24/h3-10,19H,2,11-13H2,1H3,(H,20,22). The zero-order valence-electron chi connectivity index (χ0n) is 14.0. The molecular formula is C18H21N3O4. The van der Waals surface area contributed by atoms with Crippen LogP contribution in [0, 0.1) is 10.1 Å². The van der Waals surface area contributed by atoms with Gasteiger partial charge in [0.25, 0.3) is 5.69 Å². The molecule has 1 amide bonds. The fourth-order valence-corrected chi connectivity index (χ4v) is 2.30. The molecule has 0 spiro atoms. The number of hydrogen-bond acceptors (Lipinski definition) is 5. The highest BCUT2D eigenvalue weighted by Gasteiger charge is 2.11. The van der Waals surface area contributed by atoms with Crippen molar-refractivity contribution in [2.24, 2.45) is 0 Å². The second-order valence-electron chi connectivity index (χ2n) is 5.30. The number of amides is 1. The number of nitrogens with one attached hydrogen (secondary N) is 2. The van der Waals surface area contributed by atoms with E-state index < -0.39 is 4.92 Å². The van der Waals surface area contributed by atoms with Crippen LogP contribution < -0.4 is 15.4 Å². The summed E-state index contributed by atoms with van der Waals surface area (Å²) in [4.78, 5) is 22.4. The number of rotatable bonds is 9. The Balaban J connectivity index is 1.74. The number of anilines is 1. The van der Waals surface area contributed by atoms with Gasteiger partial charge in [-0.2, -0.15) is 0 Å². The van der Waals surface area contributed by atoms with Gasteiger partial charge in [0.1, 0.15) is 11.4 Å². The Labute approximate surface area is 146 Å². The number of carbonyl (C=O) groups is 1. The zero-order valence-corrected chi connectivity index (χ0v) is 14.0. The quantitative estimate of drug-likeness (QED) is 0.415. The lowest BCUT2D eigenvalue weighted by Gasteiger charge is -2.09. The first-order valence-corrected chi connectivity index (χ1v) is 8.06. The summed E-state index contributed by atoms with van der Waals surface area (Å²) in [6.45, 7) is 3.30. The molecule has 0 saturated carbocycles. The SMILES string of the molecule is CCOc1ccc(CC(=O)NCCNc2ccccc2[N+](=O)[O-])cc1. The van der Waals surface area contributed by atoms with Gasteiger partial charge in [-0.1, -0.05) is 24.3 Å². The predicted molar refractivity (Wildman–Crippen MR) is 95.9 cm³/mol. The van der Waals surface area contributed by atoms with Gasteiger partial charge in [0.2, 0.25) is 5.91 Å². The summed E-state index contributed by atoms with van der Waals surface area (Å²) in [5, 5.41) is 16.7. The Kier molecular flexibility index (Phi) is 6.76. The van der Waals surface area contributed by atoms with Gasteiger partial charge in [0, 0.05) is 19.2 Å². The second-order valence-corrected chi connectivity index (χ2v) is 5.30. The second kappa shape index (κ2) is 9.27. The van der Waals surface area contributed by atoms with Crippen LogP contribution in [0.4, 0.5) is 11.4 Å². The Bertz CT molecular complexity index is 717. The highest BCUT2D eigenvalue weighted by molar-refractivity contribution is 5.78. The van der Waals surface area contributed by atoms with Crippen LogP contribution in [0.25, 0.3) is 0 Å². The molecule has 2 aromatic carbocycles. The third kappa shape index (κ3) is 5.80. The van der Waals surface area contributed by atoms with Crippen LogP contribution in [0.5, 0.6) is 5.75 Å². The smallest absolute Gasteiger partial charge is 0.292 e. The van der Waals surface area contributed by atoms with E-state index in [9.17, 15) is 14.9 Å². The summed E-state index contributed by atoms with van der Waals surface area (Å²) >= 11 is 0. The summed E-state index contributed by atoms with van der Waals surface area (Å²) in [6.07, 6.45) is 0.276. The number of carbonyl (C=O) groups excluding carboxylic acids is 1. The average Bonchev–Trinajstić information content (AvgIpc) is 2.61. The first-order valence-electron chi connectivity index (χ1n) is 8.06. The number of benzene rings is 2. The average molecular weight is 343 g/mol. The molecule has 0 heterocycles. The van der Waals surface area contributed by atoms with E-state index in [1.54, 1.807) is 18.2 Å². The van der Waals surface area contributed by atoms with Crippen molar-refractivity contribution in [1.29, 1.82) is 0 Å². The summed E-state index contributed by atoms with van der Waals surface area (Å²) in [6, 6.07) is 13.8. The number of para-hydroxylation sites is 2. The van der Waals surface area contributed by atoms with Crippen molar-refractivity contribution < 1.29 is 14.5 Å². The minimum Gasteiger partial charge on any atom is -0.494 e. The highest BCUT2D eigenvalue weighted by Crippen LogP contribution is 2.22. The molecule has 0 unspecified atom stereocenters. The predicted octanol–water partition coefficient (Wildman–Crippen LogP) is 2.76. The molecule has 7 nitrogen and oxygen atoms in total. The lowest BCUT2D eigenvalue weighted by molar-refractivity contribution is -0.384. The van der Waals surface area contributed by atoms with E-state index in [4.69, 9.17) is 4.74 Å². The molecule has 7 heteroatoms. The van der Waals surface area contributed by atoms with Crippen molar-refractivity contribution in [3.63, 3.8) is 0 Å². The molecule has 0 aliphatic carbocycles. The summed E-state index contributed by atoms with van der Waals surface area (Å²) < 4.78 is 5.36. The summed E-state index contributed by atoms with van der Waals surface area (Å²) in [7, 11) is 0. The molecule has 0 aliphatic rings. The van der Waals surface area contributed by atoms with E-state index >= 15 is 0 Å². The van der Waals surface area contributed by atoms with E-state index in [0.717, 1.165) is 11.3 Å². The van der Waals surface area contributed by atoms with Crippen LogP contribution in [0.2, 0.25) is 0 Å². The van der Waals surface area contributed by atoms with Gasteiger partial charge in [-0.05, 0) is 30.7 Å². The molecule has 0 fully saturated rings. The summed E-state index contributed by atoms with van der Waals surface area (Å²) in [5.74, 6) is 0.675. The third-order valence-corrected chi connectivity index (χ3v) is 3.46. The van der Waals surface area contributed by atoms with Gasteiger partial charge < -0.3 is 15.4 Å². The fraction of sp³-hybridized carbons (Fsp3) is 0.278. The van der Waals surface area contributed by atoms with Crippen molar-refractivity contribution in [3.8, 4) is 5.75 Å². The van der Waals surface area contributed by atoms with Gasteiger partial charge in [-0.3, -0.25) is 14.9 Å². The normalized spacial score (nSPS) is 10.1. The van der Waals surface area contributed by atoms with E-state index in [1.807, 2.05) is 31.2 Å². The van der Waals surface area contributed by atoms with Crippen LogP contribution in [0.15, 0.2) is 48.5 Å². The minimum atomic E-state index is -0.438. The topological polar surface area (TPSA) is 93.5 Å².